The van der Waals surface area contributed by atoms with Crippen LogP contribution in [-0.2, 0) is 35.1 Å². The van der Waals surface area contributed by atoms with Crippen LogP contribution in [0.25, 0.3) is 0 Å². The second-order valence-electron chi connectivity index (χ2n) is 18.6. The van der Waals surface area contributed by atoms with Crippen molar-refractivity contribution in [2.75, 3.05) is 11.5 Å². The van der Waals surface area contributed by atoms with Crippen LogP contribution in [0.15, 0.2) is 212 Å². The van der Waals surface area contributed by atoms with E-state index in [1.165, 1.54) is 23.1 Å². The summed E-state index contributed by atoms with van der Waals surface area (Å²) in [5.41, 5.74) is 6.24. The van der Waals surface area contributed by atoms with E-state index >= 15 is 0 Å². The van der Waals surface area contributed by atoms with Crippen molar-refractivity contribution < 1.29 is 34.5 Å². The number of nitrogens with one attached hydrogen (secondary N) is 3. The molecule has 0 spiro atoms. The normalized spacial score (nSPS) is 13.8. The lowest BCUT2D eigenvalue weighted by Gasteiger charge is -2.37. The van der Waals surface area contributed by atoms with E-state index in [4.69, 9.17) is 0 Å². The molecule has 75 heavy (non-hydrogen) atoms. The van der Waals surface area contributed by atoms with Gasteiger partial charge in [-0.25, -0.2) is 0 Å². The highest BCUT2D eigenvalue weighted by Gasteiger charge is 2.40. The molecular formula is C62H65N3O7S3. The molecule has 1 aromatic heterocycles. The molecule has 0 aliphatic heterocycles. The Morgan fingerprint density at radius 3 is 1.37 bits per heavy atom. The highest BCUT2D eigenvalue weighted by Crippen LogP contribution is 2.50. The van der Waals surface area contributed by atoms with E-state index in [-0.39, 0.29) is 24.5 Å². The zero-order chi connectivity index (χ0) is 53.0. The maximum atomic E-state index is 14.8. The molecule has 10 nitrogen and oxygen atoms in total. The average molecular weight is 1060 g/mol. The molecule has 0 aliphatic rings. The van der Waals surface area contributed by atoms with Gasteiger partial charge in [0.05, 0.1) is 40.6 Å². The Kier molecular flexibility index (Phi) is 20.7. The van der Waals surface area contributed by atoms with E-state index in [0.29, 0.717) is 12.2 Å². The maximum absolute atomic E-state index is 14.8. The van der Waals surface area contributed by atoms with Gasteiger partial charge in [0, 0.05) is 17.1 Å². The lowest BCUT2D eigenvalue weighted by Crippen LogP contribution is -2.58. The van der Waals surface area contributed by atoms with Crippen molar-refractivity contribution in [1.29, 1.82) is 0 Å². The molecule has 0 saturated heterocycles. The van der Waals surface area contributed by atoms with Gasteiger partial charge in [-0.3, -0.25) is 19.2 Å². The number of hydrogen-bond acceptors (Lipinski definition) is 9. The first-order valence-corrected chi connectivity index (χ1v) is 28.0. The fraction of sp³-hybridized carbons (Fsp3) is 0.258. The molecule has 7 rings (SSSR count). The smallest absolute Gasteiger partial charge is 0.306 e. The molecule has 6 aromatic carbocycles. The lowest BCUT2D eigenvalue weighted by atomic mass is 9.84. The van der Waals surface area contributed by atoms with Crippen molar-refractivity contribution >= 4 is 58.6 Å². The third-order valence-corrected chi connectivity index (χ3v) is 17.1. The Hall–Kier alpha value is -6.74. The summed E-state index contributed by atoms with van der Waals surface area (Å²) in [6.45, 7) is 3.54. The SMILES string of the molecule is CC(C)[C@@H](NC(=O)[C@@H](CSC(c1ccccc1)(c1ccccc1)c1ccccc1)NC(=O)[C@@H](Cc1cccs1)NC(=O)C[C@H](O)C=CCCSC(c1ccccc1)(c1ccccc1)c1ccccc1)[C@@H](O)CC(=O)O. The number of allylic oxidation sites excluding steroid dienone is 1. The quantitative estimate of drug-likeness (QED) is 0.0167. The van der Waals surface area contributed by atoms with Gasteiger partial charge in [0.25, 0.3) is 0 Å². The van der Waals surface area contributed by atoms with Crippen molar-refractivity contribution in [3.63, 3.8) is 0 Å². The Morgan fingerprint density at radius 2 is 0.973 bits per heavy atom. The summed E-state index contributed by atoms with van der Waals surface area (Å²) in [4.78, 5) is 55.9. The van der Waals surface area contributed by atoms with E-state index in [1.54, 1.807) is 31.7 Å². The van der Waals surface area contributed by atoms with Gasteiger partial charge < -0.3 is 31.3 Å². The lowest BCUT2D eigenvalue weighted by molar-refractivity contribution is -0.140. The maximum Gasteiger partial charge on any atom is 0.306 e. The van der Waals surface area contributed by atoms with Gasteiger partial charge in [0.2, 0.25) is 17.7 Å². The molecule has 1 heterocycles. The molecule has 0 bridgehead atoms. The second-order valence-corrected chi connectivity index (χ2v) is 22.2. The third-order valence-electron chi connectivity index (χ3n) is 13.0. The average Bonchev–Trinajstić information content (AvgIpc) is 3.95. The van der Waals surface area contributed by atoms with Crippen molar-refractivity contribution in [2.24, 2.45) is 5.92 Å². The zero-order valence-electron chi connectivity index (χ0n) is 42.1. The van der Waals surface area contributed by atoms with Gasteiger partial charge in [0.1, 0.15) is 12.1 Å². The Morgan fingerprint density at radius 1 is 0.547 bits per heavy atom. The van der Waals surface area contributed by atoms with E-state index in [2.05, 4.69) is 88.7 Å². The van der Waals surface area contributed by atoms with E-state index in [1.807, 2.05) is 133 Å². The highest BCUT2D eigenvalue weighted by atomic mass is 32.2. The van der Waals surface area contributed by atoms with Gasteiger partial charge in [-0.1, -0.05) is 214 Å². The summed E-state index contributed by atoms with van der Waals surface area (Å²) in [5.74, 6) is -2.70. The third kappa shape index (κ3) is 14.8. The Labute approximate surface area is 453 Å². The van der Waals surface area contributed by atoms with Gasteiger partial charge >= 0.3 is 5.97 Å². The standard InChI is InChI=1S/C62H65N3O7S3/c1-44(2)58(55(67)42-57(69)70)65-60(72)54(43-75-62(48-30-15-6-16-31-48,49-32-17-7-18-33-49)50-34-19-8-20-35-50)64-59(71)53(41-52-37-23-38-73-52)63-56(68)40-51(66)36-21-22-39-74-61(45-24-9-3-10-25-45,46-26-11-4-12-27-46)47-28-13-5-14-29-47/h3-21,23-38,44,51,53-55,58,66-67H,22,39-43H2,1-2H3,(H,63,68)(H,64,71)(H,65,72)(H,69,70)/t51-,53-,54-,55+,58-/m1/s1. The van der Waals surface area contributed by atoms with Crippen LogP contribution in [0.2, 0.25) is 0 Å². The van der Waals surface area contributed by atoms with Crippen LogP contribution in [0.5, 0.6) is 0 Å². The topological polar surface area (TPSA) is 165 Å². The molecule has 7 aromatic rings. The first-order valence-electron chi connectivity index (χ1n) is 25.2. The summed E-state index contributed by atoms with van der Waals surface area (Å²) >= 11 is 4.67. The number of aliphatic hydroxyl groups is 2. The van der Waals surface area contributed by atoms with E-state index < -0.39 is 69.9 Å². The minimum atomic E-state index is -1.41. The molecular weight excluding hydrogens is 995 g/mol. The van der Waals surface area contributed by atoms with Crippen LogP contribution >= 0.6 is 34.9 Å². The van der Waals surface area contributed by atoms with Crippen LogP contribution in [0.3, 0.4) is 0 Å². The van der Waals surface area contributed by atoms with Gasteiger partial charge in [-0.05, 0) is 62.9 Å². The molecule has 388 valence electrons. The summed E-state index contributed by atoms with van der Waals surface area (Å²) in [6.07, 6.45) is 0.738. The number of thiophene rings is 1. The van der Waals surface area contributed by atoms with Crippen molar-refractivity contribution in [3.05, 3.63) is 250 Å². The number of thioether (sulfide) groups is 2. The summed E-state index contributed by atoms with van der Waals surface area (Å²) in [5, 5.41) is 42.5. The molecule has 0 aliphatic carbocycles. The number of carboxylic acid groups (broad SMARTS) is 1. The number of amides is 3. The molecule has 0 saturated carbocycles. The minimum Gasteiger partial charge on any atom is -0.481 e. The molecule has 6 N–H and O–H groups in total. The Balaban J connectivity index is 1.10. The van der Waals surface area contributed by atoms with Crippen molar-refractivity contribution in [3.8, 4) is 0 Å². The number of carboxylic acids is 1. The number of aliphatic hydroxyl groups excluding tert-OH is 2. The second kappa shape index (κ2) is 27.7. The van der Waals surface area contributed by atoms with E-state index in [0.717, 1.165) is 38.3 Å². The molecule has 0 fully saturated rings. The van der Waals surface area contributed by atoms with Gasteiger partial charge in [-0.2, -0.15) is 0 Å². The molecule has 5 atom stereocenters. The first-order chi connectivity index (χ1) is 36.4. The number of aliphatic carboxylic acids is 1. The highest BCUT2D eigenvalue weighted by molar-refractivity contribution is 8.00. The number of carbonyl (C=O) groups excluding carboxylic acids is 3. The van der Waals surface area contributed by atoms with Crippen LogP contribution in [-0.4, -0.2) is 80.8 Å². The van der Waals surface area contributed by atoms with Gasteiger partial charge in [0.15, 0.2) is 0 Å². The molecule has 0 unspecified atom stereocenters. The number of carbonyl (C=O) groups is 4. The van der Waals surface area contributed by atoms with Crippen LogP contribution < -0.4 is 16.0 Å². The largest absolute Gasteiger partial charge is 0.481 e. The molecule has 3 amide bonds. The monoisotopic (exact) mass is 1060 g/mol. The molecule has 13 heteroatoms. The summed E-state index contributed by atoms with van der Waals surface area (Å²) in [7, 11) is 0. The fourth-order valence-corrected chi connectivity index (χ4v) is 13.1. The predicted molar refractivity (Wildman–Crippen MR) is 305 cm³/mol. The first kappa shape index (κ1) is 56.0. The summed E-state index contributed by atoms with van der Waals surface area (Å²) in [6, 6.07) is 61.4. The zero-order valence-corrected chi connectivity index (χ0v) is 44.6. The summed E-state index contributed by atoms with van der Waals surface area (Å²) < 4.78 is -1.38. The molecule has 0 radical (unpaired) electrons. The number of hydrogen-bond donors (Lipinski definition) is 6. The fourth-order valence-electron chi connectivity index (χ4n) is 9.36. The number of rotatable bonds is 27. The van der Waals surface area contributed by atoms with Crippen LogP contribution in [0.4, 0.5) is 0 Å². The van der Waals surface area contributed by atoms with Crippen molar-refractivity contribution in [2.45, 2.75) is 79.4 Å². The Bertz CT molecular complexity index is 2680. The minimum absolute atomic E-state index is 0.0146. The number of benzene rings is 6. The predicted octanol–water partition coefficient (Wildman–Crippen LogP) is 10.4. The van der Waals surface area contributed by atoms with Gasteiger partial charge in [-0.15, -0.1) is 34.9 Å². The van der Waals surface area contributed by atoms with Crippen LogP contribution in [0.1, 0.15) is 71.4 Å². The van der Waals surface area contributed by atoms with E-state index in [9.17, 15) is 34.5 Å². The van der Waals surface area contributed by atoms with Crippen LogP contribution in [0, 0.1) is 5.92 Å². The van der Waals surface area contributed by atoms with Crippen molar-refractivity contribution in [1.82, 2.24) is 16.0 Å².